The van der Waals surface area contributed by atoms with Crippen LogP contribution in [0.2, 0.25) is 0 Å². The van der Waals surface area contributed by atoms with Crippen molar-refractivity contribution in [2.24, 2.45) is 5.92 Å². The van der Waals surface area contributed by atoms with Crippen LogP contribution in [0.15, 0.2) is 16.7 Å². The van der Waals surface area contributed by atoms with Crippen LogP contribution < -0.4 is 5.32 Å². The first-order valence-electron chi connectivity index (χ1n) is 5.49. The van der Waals surface area contributed by atoms with Crippen molar-refractivity contribution >= 4 is 21.8 Å². The zero-order chi connectivity index (χ0) is 13.0. The average Bonchev–Trinajstić information content (AvgIpc) is 2.31. The Bertz CT molecular complexity index is 409. The van der Waals surface area contributed by atoms with E-state index in [4.69, 9.17) is 5.11 Å². The summed E-state index contributed by atoms with van der Waals surface area (Å²) in [7, 11) is 0. The standard InChI is InChI=1S/C12H17BrN2O2/c1-7-4-11(14-5-10(7)13)12(17)15-9(3)8(2)6-16/h4-5,8-9,16H,6H2,1-3H3,(H,15,17)/t8-,9+/m1/s1. The lowest BCUT2D eigenvalue weighted by Crippen LogP contribution is -2.38. The molecule has 1 aromatic heterocycles. The maximum absolute atomic E-state index is 11.9. The van der Waals surface area contributed by atoms with E-state index < -0.39 is 0 Å². The smallest absolute Gasteiger partial charge is 0.270 e. The first-order chi connectivity index (χ1) is 7.95. The minimum absolute atomic E-state index is 0.0236. The summed E-state index contributed by atoms with van der Waals surface area (Å²) in [5.41, 5.74) is 1.36. The highest BCUT2D eigenvalue weighted by atomic mass is 79.9. The molecule has 1 aromatic rings. The van der Waals surface area contributed by atoms with Gasteiger partial charge in [0.1, 0.15) is 5.69 Å². The second-order valence-electron chi connectivity index (χ2n) is 4.24. The minimum Gasteiger partial charge on any atom is -0.396 e. The van der Waals surface area contributed by atoms with Crippen LogP contribution in [0, 0.1) is 12.8 Å². The molecule has 0 fully saturated rings. The van der Waals surface area contributed by atoms with Gasteiger partial charge in [-0.15, -0.1) is 0 Å². The molecule has 1 amide bonds. The maximum Gasteiger partial charge on any atom is 0.270 e. The number of carbonyl (C=O) groups is 1. The Morgan fingerprint density at radius 3 is 2.76 bits per heavy atom. The highest BCUT2D eigenvalue weighted by molar-refractivity contribution is 9.10. The minimum atomic E-state index is -0.214. The van der Waals surface area contributed by atoms with Crippen molar-refractivity contribution in [2.45, 2.75) is 26.8 Å². The second-order valence-corrected chi connectivity index (χ2v) is 5.10. The molecule has 0 saturated carbocycles. The predicted octanol–water partition coefficient (Wildman–Crippen LogP) is 1.90. The molecular weight excluding hydrogens is 284 g/mol. The predicted molar refractivity (Wildman–Crippen MR) is 69.9 cm³/mol. The van der Waals surface area contributed by atoms with Crippen molar-refractivity contribution in [3.8, 4) is 0 Å². The van der Waals surface area contributed by atoms with Gasteiger partial charge in [-0.2, -0.15) is 0 Å². The Morgan fingerprint density at radius 1 is 1.59 bits per heavy atom. The lowest BCUT2D eigenvalue weighted by Gasteiger charge is -2.19. The molecule has 0 saturated heterocycles. The Kier molecular flexibility index (Phi) is 5.08. The van der Waals surface area contributed by atoms with Gasteiger partial charge >= 0.3 is 0 Å². The number of nitrogens with one attached hydrogen (secondary N) is 1. The number of halogens is 1. The number of rotatable bonds is 4. The van der Waals surface area contributed by atoms with E-state index in [2.05, 4.69) is 26.2 Å². The first kappa shape index (κ1) is 14.1. The van der Waals surface area contributed by atoms with E-state index in [1.165, 1.54) is 0 Å². The van der Waals surface area contributed by atoms with Gasteiger partial charge in [0, 0.05) is 23.3 Å². The van der Waals surface area contributed by atoms with Crippen molar-refractivity contribution in [3.05, 3.63) is 28.0 Å². The van der Waals surface area contributed by atoms with Crippen LogP contribution in [0.3, 0.4) is 0 Å². The van der Waals surface area contributed by atoms with Crippen LogP contribution in [0.4, 0.5) is 0 Å². The van der Waals surface area contributed by atoms with Gasteiger partial charge in [-0.25, -0.2) is 4.98 Å². The number of pyridine rings is 1. The third-order valence-electron chi connectivity index (χ3n) is 2.78. The SMILES string of the molecule is Cc1cc(C(=O)N[C@@H](C)[C@H](C)CO)ncc1Br. The number of hydrogen-bond acceptors (Lipinski definition) is 3. The summed E-state index contributed by atoms with van der Waals surface area (Å²) in [5.74, 6) is -0.191. The van der Waals surface area contributed by atoms with Crippen LogP contribution in [0.1, 0.15) is 29.9 Å². The van der Waals surface area contributed by atoms with E-state index >= 15 is 0 Å². The number of aliphatic hydroxyl groups excluding tert-OH is 1. The monoisotopic (exact) mass is 300 g/mol. The van der Waals surface area contributed by atoms with Crippen LogP contribution in [0.25, 0.3) is 0 Å². The Labute approximate surface area is 110 Å². The summed E-state index contributed by atoms with van der Waals surface area (Å²) in [6.07, 6.45) is 1.62. The van der Waals surface area contributed by atoms with E-state index in [9.17, 15) is 4.79 Å². The van der Waals surface area contributed by atoms with Crippen LogP contribution >= 0.6 is 15.9 Å². The lowest BCUT2D eigenvalue weighted by atomic mass is 10.1. The summed E-state index contributed by atoms with van der Waals surface area (Å²) in [4.78, 5) is 15.9. The zero-order valence-corrected chi connectivity index (χ0v) is 11.8. The number of hydrogen-bond donors (Lipinski definition) is 2. The Balaban J connectivity index is 2.73. The quantitative estimate of drug-likeness (QED) is 0.893. The second kappa shape index (κ2) is 6.12. The molecule has 0 radical (unpaired) electrons. The number of aliphatic hydroxyl groups is 1. The average molecular weight is 301 g/mol. The van der Waals surface area contributed by atoms with Gasteiger partial charge in [0.2, 0.25) is 0 Å². The molecule has 0 aromatic carbocycles. The molecule has 2 N–H and O–H groups in total. The van der Waals surface area contributed by atoms with E-state index in [0.29, 0.717) is 5.69 Å². The van der Waals surface area contributed by atoms with E-state index in [1.807, 2.05) is 20.8 Å². The molecule has 1 heterocycles. The van der Waals surface area contributed by atoms with Crippen molar-refractivity contribution in [2.75, 3.05) is 6.61 Å². The van der Waals surface area contributed by atoms with Gasteiger partial charge in [-0.05, 0) is 47.3 Å². The molecule has 1 rings (SSSR count). The highest BCUT2D eigenvalue weighted by Gasteiger charge is 2.16. The van der Waals surface area contributed by atoms with Gasteiger partial charge in [0.15, 0.2) is 0 Å². The largest absolute Gasteiger partial charge is 0.396 e. The molecule has 0 unspecified atom stereocenters. The molecule has 5 heteroatoms. The van der Waals surface area contributed by atoms with Crippen LogP contribution in [-0.4, -0.2) is 28.6 Å². The first-order valence-corrected chi connectivity index (χ1v) is 6.29. The van der Waals surface area contributed by atoms with E-state index in [-0.39, 0.29) is 24.5 Å². The van der Waals surface area contributed by atoms with Crippen molar-refractivity contribution in [1.82, 2.24) is 10.3 Å². The highest BCUT2D eigenvalue weighted by Crippen LogP contribution is 2.15. The number of carbonyl (C=O) groups excluding carboxylic acids is 1. The third kappa shape index (κ3) is 3.78. The lowest BCUT2D eigenvalue weighted by molar-refractivity contribution is 0.0911. The fourth-order valence-electron chi connectivity index (χ4n) is 1.24. The van der Waals surface area contributed by atoms with Gasteiger partial charge in [-0.3, -0.25) is 4.79 Å². The molecule has 0 aliphatic rings. The summed E-state index contributed by atoms with van der Waals surface area (Å²) in [6, 6.07) is 1.65. The Hall–Kier alpha value is -0.940. The van der Waals surface area contributed by atoms with Crippen molar-refractivity contribution in [3.63, 3.8) is 0 Å². The molecule has 0 aliphatic heterocycles. The third-order valence-corrected chi connectivity index (χ3v) is 3.61. The summed E-state index contributed by atoms with van der Waals surface area (Å²) in [5, 5.41) is 11.8. The zero-order valence-electron chi connectivity index (χ0n) is 10.2. The molecule has 4 nitrogen and oxygen atoms in total. The molecule has 17 heavy (non-hydrogen) atoms. The van der Waals surface area contributed by atoms with E-state index in [0.717, 1.165) is 10.0 Å². The van der Waals surface area contributed by atoms with Crippen molar-refractivity contribution in [1.29, 1.82) is 0 Å². The van der Waals surface area contributed by atoms with Crippen LogP contribution in [0.5, 0.6) is 0 Å². The summed E-state index contributed by atoms with van der Waals surface area (Å²) >= 11 is 3.34. The fourth-order valence-corrected chi connectivity index (χ4v) is 1.46. The van der Waals surface area contributed by atoms with Gasteiger partial charge in [-0.1, -0.05) is 6.92 Å². The number of nitrogens with zero attached hydrogens (tertiary/aromatic N) is 1. The summed E-state index contributed by atoms with van der Waals surface area (Å²) in [6.45, 7) is 5.70. The molecule has 94 valence electrons. The number of aromatic nitrogens is 1. The Morgan fingerprint density at radius 2 is 2.24 bits per heavy atom. The van der Waals surface area contributed by atoms with Gasteiger partial charge < -0.3 is 10.4 Å². The van der Waals surface area contributed by atoms with Gasteiger partial charge in [0.25, 0.3) is 5.91 Å². The van der Waals surface area contributed by atoms with Crippen LogP contribution in [-0.2, 0) is 0 Å². The summed E-state index contributed by atoms with van der Waals surface area (Å²) < 4.78 is 0.880. The maximum atomic E-state index is 11.9. The molecule has 0 spiro atoms. The molecule has 0 aliphatic carbocycles. The normalized spacial score (nSPS) is 14.2. The van der Waals surface area contributed by atoms with Crippen molar-refractivity contribution < 1.29 is 9.90 Å². The molecule has 0 bridgehead atoms. The van der Waals surface area contributed by atoms with E-state index in [1.54, 1.807) is 12.3 Å². The van der Waals surface area contributed by atoms with Gasteiger partial charge in [0.05, 0.1) is 0 Å². The number of amides is 1. The fraction of sp³-hybridized carbons (Fsp3) is 0.500. The molecule has 2 atom stereocenters. The molecular formula is C12H17BrN2O2. The number of aryl methyl sites for hydroxylation is 1. The topological polar surface area (TPSA) is 62.2 Å².